The minimum Gasteiger partial charge on any atom is -0.505 e. The number of rotatable bonds is 11. The average Bonchev–Trinajstić information content (AvgIpc) is 4.11. The number of nitrogens with zero attached hydrogens (tertiary/aromatic N) is 14. The first-order chi connectivity index (χ1) is 31.0. The van der Waals surface area contributed by atoms with Crippen molar-refractivity contribution in [1.82, 2.24) is 69.8 Å². The van der Waals surface area contributed by atoms with Gasteiger partial charge in [0.15, 0.2) is 34.4 Å². The van der Waals surface area contributed by atoms with E-state index >= 15 is 0 Å². The van der Waals surface area contributed by atoms with Crippen LogP contribution < -0.4 is 0 Å². The van der Waals surface area contributed by atoms with Crippen LogP contribution in [0, 0.1) is 0 Å². The Labute approximate surface area is 361 Å². The molecule has 20 heteroatoms. The van der Waals surface area contributed by atoms with Gasteiger partial charge in [0.05, 0.1) is 0 Å². The summed E-state index contributed by atoms with van der Waals surface area (Å²) >= 11 is 0. The Kier molecular flexibility index (Phi) is 9.50. The summed E-state index contributed by atoms with van der Waals surface area (Å²) in [6, 6.07) is 31.4. The van der Waals surface area contributed by atoms with Crippen molar-refractivity contribution in [2.45, 2.75) is 25.9 Å². The van der Waals surface area contributed by atoms with Crippen molar-refractivity contribution in [1.29, 1.82) is 0 Å². The van der Waals surface area contributed by atoms with Gasteiger partial charge in [-0.1, -0.05) is 48.5 Å². The molecule has 318 valence electrons. The van der Waals surface area contributed by atoms with E-state index in [1.807, 2.05) is 24.3 Å². The second kappa shape index (κ2) is 15.5. The van der Waals surface area contributed by atoms with Gasteiger partial charge in [-0.05, 0) is 60.7 Å². The van der Waals surface area contributed by atoms with Crippen molar-refractivity contribution >= 4 is 55.9 Å². The van der Waals surface area contributed by atoms with Crippen molar-refractivity contribution < 1.29 is 30.0 Å². The van der Waals surface area contributed by atoms with Gasteiger partial charge in [-0.2, -0.15) is 0 Å². The number of aromatic nitrogens is 12. The standard InChI is InChI=1S/C44H36N14O6/c1-53(23-25-21-35(55-45-27-11-3-4-12-28(27)46-55)43(63)39(41(25)61)57-49-31-15-7-8-16-32(31)50-57)37(59)19-20-38(60)54(2)24-26-22-36(56-47-29-13-5-6-14-30(29)48-56)44(64)40(42(26)62)58-51-33-17-9-10-18-34(33)52-58/h3-18,21-22,61-64H,19-20,23-24H2,1-2H3. The number of hydrogen-bond acceptors (Lipinski definition) is 14. The number of phenolic OH excluding ortho intramolecular Hbond substituents is 4. The van der Waals surface area contributed by atoms with Gasteiger partial charge in [0, 0.05) is 51.2 Å². The lowest BCUT2D eigenvalue weighted by Crippen LogP contribution is -2.30. The highest BCUT2D eigenvalue weighted by Crippen LogP contribution is 2.41. The predicted octanol–water partition coefficient (Wildman–Crippen LogP) is 4.84. The maximum atomic E-state index is 13.7. The lowest BCUT2D eigenvalue weighted by molar-refractivity contribution is -0.136. The number of amides is 2. The van der Waals surface area contributed by atoms with Gasteiger partial charge in [-0.3, -0.25) is 9.59 Å². The zero-order valence-corrected chi connectivity index (χ0v) is 34.1. The van der Waals surface area contributed by atoms with Crippen LogP contribution >= 0.6 is 0 Å². The number of carbonyl (C=O) groups is 2. The topological polar surface area (TPSA) is 244 Å². The first-order valence-electron chi connectivity index (χ1n) is 19.9. The lowest BCUT2D eigenvalue weighted by Gasteiger charge is -2.22. The molecule has 0 fully saturated rings. The Balaban J connectivity index is 0.903. The molecular formula is C44H36N14O6. The van der Waals surface area contributed by atoms with Crippen molar-refractivity contribution in [3.05, 3.63) is 120 Å². The minimum absolute atomic E-state index is 0.107. The number of hydrogen-bond donors (Lipinski definition) is 4. The normalized spacial score (nSPS) is 11.6. The molecule has 10 rings (SSSR count). The molecule has 0 aliphatic rings. The Morgan fingerprint density at radius 3 is 0.938 bits per heavy atom. The van der Waals surface area contributed by atoms with E-state index in [2.05, 4.69) is 40.8 Å². The van der Waals surface area contributed by atoms with E-state index in [0.717, 1.165) is 9.59 Å². The first-order valence-corrected chi connectivity index (χ1v) is 19.9. The van der Waals surface area contributed by atoms with Gasteiger partial charge >= 0.3 is 0 Å². The number of fused-ring (bicyclic) bond motifs is 4. The SMILES string of the molecule is CN(Cc1cc(-n2nc3ccccc3n2)c(O)c(-n2nc3ccccc3n2)c1O)C(=O)CCC(=O)N(C)Cc1cc(-n2nc3ccccc3n2)c(O)c(-n2nc3ccccc3n2)c1O. The number of aromatic hydroxyl groups is 4. The number of phenols is 4. The van der Waals surface area contributed by atoms with Crippen LogP contribution in [-0.2, 0) is 22.7 Å². The molecule has 0 atom stereocenters. The summed E-state index contributed by atoms with van der Waals surface area (Å²) in [5, 5.41) is 82.5. The first kappa shape index (κ1) is 39.2. The Morgan fingerprint density at radius 1 is 0.422 bits per heavy atom. The average molecular weight is 857 g/mol. The van der Waals surface area contributed by atoms with Crippen molar-refractivity contribution in [2.24, 2.45) is 0 Å². The monoisotopic (exact) mass is 856 g/mol. The summed E-state index contributed by atoms with van der Waals surface area (Å²) in [5.41, 5.74) is 4.72. The molecule has 4 heterocycles. The van der Waals surface area contributed by atoms with Gasteiger partial charge in [0.2, 0.25) is 11.8 Å². The fourth-order valence-corrected chi connectivity index (χ4v) is 7.44. The van der Waals surface area contributed by atoms with Crippen molar-refractivity contribution in [2.75, 3.05) is 14.1 Å². The molecule has 0 spiro atoms. The summed E-state index contributed by atoms with van der Waals surface area (Å²) in [4.78, 5) is 34.8. The highest BCUT2D eigenvalue weighted by atomic mass is 16.3. The van der Waals surface area contributed by atoms with Crippen molar-refractivity contribution in [3.8, 4) is 45.7 Å². The molecule has 0 aliphatic heterocycles. The molecule has 0 unspecified atom stereocenters. The predicted molar refractivity (Wildman–Crippen MR) is 231 cm³/mol. The third-order valence-corrected chi connectivity index (χ3v) is 10.8. The second-order valence-corrected chi connectivity index (χ2v) is 15.1. The summed E-state index contributed by atoms with van der Waals surface area (Å²) in [7, 11) is 3.06. The summed E-state index contributed by atoms with van der Waals surface area (Å²) in [5.74, 6) is -2.39. The zero-order chi connectivity index (χ0) is 44.2. The highest BCUT2D eigenvalue weighted by Gasteiger charge is 2.27. The maximum Gasteiger partial charge on any atom is 0.223 e. The van der Waals surface area contributed by atoms with Gasteiger partial charge < -0.3 is 30.2 Å². The van der Waals surface area contributed by atoms with Gasteiger partial charge in [-0.25, -0.2) is 0 Å². The Morgan fingerprint density at radius 2 is 0.672 bits per heavy atom. The zero-order valence-electron chi connectivity index (χ0n) is 34.1. The molecule has 6 aromatic carbocycles. The maximum absolute atomic E-state index is 13.7. The van der Waals surface area contributed by atoms with E-state index in [1.165, 1.54) is 45.6 Å². The number of carbonyl (C=O) groups excluding carboxylic acids is 2. The summed E-state index contributed by atoms with van der Waals surface area (Å²) in [6.07, 6.45) is -0.413. The molecule has 10 aromatic rings. The fourth-order valence-electron chi connectivity index (χ4n) is 7.44. The highest BCUT2D eigenvalue weighted by molar-refractivity contribution is 5.84. The van der Waals surface area contributed by atoms with Gasteiger partial charge in [-0.15, -0.1) is 60.0 Å². The molecule has 2 amide bonds. The smallest absolute Gasteiger partial charge is 0.223 e. The summed E-state index contributed by atoms with van der Waals surface area (Å²) in [6.45, 7) is -0.285. The third-order valence-electron chi connectivity index (χ3n) is 10.8. The van der Waals surface area contributed by atoms with Crippen molar-refractivity contribution in [3.63, 3.8) is 0 Å². The molecule has 0 radical (unpaired) electrons. The van der Waals surface area contributed by atoms with Crippen LogP contribution in [0.3, 0.4) is 0 Å². The minimum atomic E-state index is -0.422. The lowest BCUT2D eigenvalue weighted by atomic mass is 10.1. The largest absolute Gasteiger partial charge is 0.505 e. The van der Waals surface area contributed by atoms with Crippen LogP contribution in [0.15, 0.2) is 109 Å². The fraction of sp³-hybridized carbons (Fsp3) is 0.136. The van der Waals surface area contributed by atoms with Crippen LogP contribution in [0.2, 0.25) is 0 Å². The molecule has 64 heavy (non-hydrogen) atoms. The van der Waals surface area contributed by atoms with E-state index in [4.69, 9.17) is 0 Å². The molecule has 4 aromatic heterocycles. The third kappa shape index (κ3) is 6.93. The molecule has 0 aliphatic carbocycles. The Bertz CT molecular complexity index is 3100. The van der Waals surface area contributed by atoms with Crippen LogP contribution in [0.25, 0.3) is 66.9 Å². The van der Waals surface area contributed by atoms with E-state index in [-0.39, 0.29) is 71.3 Å². The molecule has 20 nitrogen and oxygen atoms in total. The number of benzene rings is 6. The van der Waals surface area contributed by atoms with Gasteiger partial charge in [0.25, 0.3) is 0 Å². The van der Waals surface area contributed by atoms with Gasteiger partial charge in [0.1, 0.15) is 55.5 Å². The van der Waals surface area contributed by atoms with E-state index < -0.39 is 23.3 Å². The second-order valence-electron chi connectivity index (χ2n) is 15.1. The van der Waals surface area contributed by atoms with Crippen LogP contribution in [0.1, 0.15) is 24.0 Å². The van der Waals surface area contributed by atoms with Crippen LogP contribution in [0.4, 0.5) is 0 Å². The van der Waals surface area contributed by atoms with E-state index in [9.17, 15) is 30.0 Å². The molecular weight excluding hydrogens is 821 g/mol. The summed E-state index contributed by atoms with van der Waals surface area (Å²) < 4.78 is 0. The molecule has 4 N–H and O–H groups in total. The van der Waals surface area contributed by atoms with Crippen LogP contribution in [0.5, 0.6) is 23.0 Å². The quantitative estimate of drug-likeness (QED) is 0.136. The molecule has 0 saturated carbocycles. The van der Waals surface area contributed by atoms with Crippen LogP contribution in [-0.4, -0.2) is 116 Å². The van der Waals surface area contributed by atoms with E-state index in [1.54, 1.807) is 72.8 Å². The molecule has 0 bridgehead atoms. The Hall–Kier alpha value is -8.94. The van der Waals surface area contributed by atoms with E-state index in [0.29, 0.717) is 44.1 Å². The molecule has 0 saturated heterocycles.